The molecule has 2 N–H and O–H groups in total. The average molecular weight is 375 g/mol. The molecule has 1 fully saturated rings. The van der Waals surface area contributed by atoms with Crippen molar-refractivity contribution in [2.45, 2.75) is 49.5 Å². The van der Waals surface area contributed by atoms with Gasteiger partial charge in [0.25, 0.3) is 0 Å². The number of rotatable bonds is 6. The zero-order chi connectivity index (χ0) is 17.6. The number of carbonyl (C=O) groups is 1. The van der Waals surface area contributed by atoms with Gasteiger partial charge in [0, 0.05) is 11.1 Å². The second-order valence-electron chi connectivity index (χ2n) is 5.88. The second-order valence-corrected chi connectivity index (χ2v) is 8.05. The summed E-state index contributed by atoms with van der Waals surface area (Å²) >= 11 is 5.86. The monoisotopic (exact) mass is 374 g/mol. The minimum atomic E-state index is -3.89. The van der Waals surface area contributed by atoms with E-state index in [-0.39, 0.29) is 34.2 Å². The summed E-state index contributed by atoms with van der Waals surface area (Å²) < 4.78 is 32.1. The predicted molar refractivity (Wildman–Crippen MR) is 92.8 cm³/mol. The number of methoxy groups -OCH3 is 1. The van der Waals surface area contributed by atoms with Gasteiger partial charge in [0.2, 0.25) is 15.9 Å². The third kappa shape index (κ3) is 5.36. The van der Waals surface area contributed by atoms with Gasteiger partial charge in [0.1, 0.15) is 10.6 Å². The van der Waals surface area contributed by atoms with Crippen LogP contribution in [-0.2, 0) is 14.8 Å². The van der Waals surface area contributed by atoms with E-state index in [4.69, 9.17) is 16.3 Å². The predicted octanol–water partition coefficient (Wildman–Crippen LogP) is 2.47. The smallest absolute Gasteiger partial charge is 0.244 e. The zero-order valence-corrected chi connectivity index (χ0v) is 15.3. The number of nitrogens with one attached hydrogen (secondary N) is 2. The Kier molecular flexibility index (Phi) is 6.89. The van der Waals surface area contributed by atoms with E-state index in [1.807, 2.05) is 0 Å². The van der Waals surface area contributed by atoms with Crippen molar-refractivity contribution in [1.29, 1.82) is 0 Å². The Bertz CT molecular complexity index is 671. The first-order valence-corrected chi connectivity index (χ1v) is 9.91. The largest absolute Gasteiger partial charge is 0.495 e. The van der Waals surface area contributed by atoms with E-state index < -0.39 is 10.0 Å². The molecule has 134 valence electrons. The van der Waals surface area contributed by atoms with Crippen LogP contribution in [0.3, 0.4) is 0 Å². The molecule has 0 heterocycles. The van der Waals surface area contributed by atoms with E-state index >= 15 is 0 Å². The van der Waals surface area contributed by atoms with E-state index in [0.29, 0.717) is 0 Å². The van der Waals surface area contributed by atoms with Crippen LogP contribution in [0, 0.1) is 0 Å². The highest BCUT2D eigenvalue weighted by molar-refractivity contribution is 7.89. The van der Waals surface area contributed by atoms with Gasteiger partial charge in [-0.15, -0.1) is 0 Å². The highest BCUT2D eigenvalue weighted by Gasteiger charge is 2.22. The van der Waals surface area contributed by atoms with Gasteiger partial charge >= 0.3 is 0 Å². The molecule has 0 atom stereocenters. The fourth-order valence-corrected chi connectivity index (χ4v) is 4.21. The van der Waals surface area contributed by atoms with E-state index in [0.717, 1.165) is 25.7 Å². The topological polar surface area (TPSA) is 84.5 Å². The lowest BCUT2D eigenvalue weighted by atomic mass is 10.1. The van der Waals surface area contributed by atoms with Gasteiger partial charge in [0.05, 0.1) is 13.7 Å². The number of hydrogen-bond donors (Lipinski definition) is 2. The summed E-state index contributed by atoms with van der Waals surface area (Å²) in [5.74, 6) is -0.150. The average Bonchev–Trinajstić information content (AvgIpc) is 2.82. The molecule has 0 radical (unpaired) electrons. The quantitative estimate of drug-likeness (QED) is 0.749. The third-order valence-corrected chi connectivity index (χ3v) is 5.72. The van der Waals surface area contributed by atoms with Crippen LogP contribution in [0.25, 0.3) is 0 Å². The normalized spacial score (nSPS) is 16.4. The van der Waals surface area contributed by atoms with E-state index in [9.17, 15) is 13.2 Å². The molecule has 0 aromatic heterocycles. The number of sulfonamides is 1. The van der Waals surface area contributed by atoms with E-state index in [2.05, 4.69) is 10.0 Å². The maximum atomic E-state index is 12.4. The van der Waals surface area contributed by atoms with Crippen LogP contribution in [0.4, 0.5) is 0 Å². The molecule has 0 saturated heterocycles. The summed E-state index contributed by atoms with van der Waals surface area (Å²) in [4.78, 5) is 11.9. The van der Waals surface area contributed by atoms with Crippen molar-refractivity contribution in [2.24, 2.45) is 0 Å². The first-order chi connectivity index (χ1) is 11.4. The van der Waals surface area contributed by atoms with Gasteiger partial charge in [-0.25, -0.2) is 13.1 Å². The van der Waals surface area contributed by atoms with Crippen molar-refractivity contribution in [3.05, 3.63) is 23.2 Å². The maximum Gasteiger partial charge on any atom is 0.244 e. The fourth-order valence-electron chi connectivity index (χ4n) is 2.80. The van der Waals surface area contributed by atoms with Crippen LogP contribution in [0.5, 0.6) is 5.75 Å². The molecule has 1 aliphatic rings. The number of benzene rings is 1. The standard InChI is InChI=1S/C16H23ClN2O4S/c1-23-14-9-8-12(17)10-15(14)24(21,22)18-11-16(20)19-13-6-4-2-3-5-7-13/h8-10,13,18H,2-7,11H2,1H3,(H,19,20). The Morgan fingerprint density at radius 2 is 1.92 bits per heavy atom. The molecule has 0 unspecified atom stereocenters. The van der Waals surface area contributed by atoms with Crippen molar-refractivity contribution < 1.29 is 17.9 Å². The molecule has 0 spiro atoms. The molecule has 24 heavy (non-hydrogen) atoms. The fraction of sp³-hybridized carbons (Fsp3) is 0.562. The van der Waals surface area contributed by atoms with Crippen molar-refractivity contribution in [2.75, 3.05) is 13.7 Å². The minimum Gasteiger partial charge on any atom is -0.495 e. The van der Waals surface area contributed by atoms with Gasteiger partial charge in [0.15, 0.2) is 0 Å². The van der Waals surface area contributed by atoms with Gasteiger partial charge in [-0.3, -0.25) is 4.79 Å². The number of carbonyl (C=O) groups excluding carboxylic acids is 1. The molecule has 1 saturated carbocycles. The highest BCUT2D eigenvalue weighted by atomic mass is 35.5. The molecule has 1 aromatic rings. The molecular weight excluding hydrogens is 352 g/mol. The number of amides is 1. The van der Waals surface area contributed by atoms with Crippen LogP contribution < -0.4 is 14.8 Å². The lowest BCUT2D eigenvalue weighted by Gasteiger charge is -2.16. The summed E-state index contributed by atoms with van der Waals surface area (Å²) in [5.41, 5.74) is 0. The van der Waals surface area contributed by atoms with Crippen LogP contribution in [0.1, 0.15) is 38.5 Å². The molecule has 8 heteroatoms. The Hall–Kier alpha value is -1.31. The summed E-state index contributed by atoms with van der Waals surface area (Å²) in [5, 5.41) is 3.18. The third-order valence-electron chi connectivity index (χ3n) is 4.06. The second kappa shape index (κ2) is 8.69. The number of ether oxygens (including phenoxy) is 1. The minimum absolute atomic E-state index is 0.0835. The summed E-state index contributed by atoms with van der Waals surface area (Å²) in [6.07, 6.45) is 6.45. The molecule has 1 amide bonds. The summed E-state index contributed by atoms with van der Waals surface area (Å²) in [6.45, 7) is -0.311. The SMILES string of the molecule is COc1ccc(Cl)cc1S(=O)(=O)NCC(=O)NC1CCCCCC1. The molecule has 2 rings (SSSR count). The Labute approximate surface area is 148 Å². The highest BCUT2D eigenvalue weighted by Crippen LogP contribution is 2.26. The van der Waals surface area contributed by atoms with Gasteiger partial charge in [-0.2, -0.15) is 0 Å². The van der Waals surface area contributed by atoms with Gasteiger partial charge in [-0.05, 0) is 31.0 Å². The number of halogens is 1. The number of hydrogen-bond acceptors (Lipinski definition) is 4. The van der Waals surface area contributed by atoms with Crippen molar-refractivity contribution in [3.8, 4) is 5.75 Å². The van der Waals surface area contributed by atoms with Gasteiger partial charge < -0.3 is 10.1 Å². The molecular formula is C16H23ClN2O4S. The molecule has 0 aliphatic heterocycles. The first kappa shape index (κ1) is 19.0. The summed E-state index contributed by atoms with van der Waals surface area (Å²) in [7, 11) is -2.51. The zero-order valence-electron chi connectivity index (χ0n) is 13.7. The molecule has 1 aromatic carbocycles. The maximum absolute atomic E-state index is 12.4. The molecule has 6 nitrogen and oxygen atoms in total. The van der Waals surface area contributed by atoms with Gasteiger partial charge in [-0.1, -0.05) is 37.3 Å². The van der Waals surface area contributed by atoms with Crippen molar-refractivity contribution in [1.82, 2.24) is 10.0 Å². The molecule has 0 bridgehead atoms. The van der Waals surface area contributed by atoms with Crippen molar-refractivity contribution in [3.63, 3.8) is 0 Å². The first-order valence-electron chi connectivity index (χ1n) is 8.05. The van der Waals surface area contributed by atoms with Crippen LogP contribution in [0.2, 0.25) is 5.02 Å². The van der Waals surface area contributed by atoms with Crippen molar-refractivity contribution >= 4 is 27.5 Å². The van der Waals surface area contributed by atoms with Crippen LogP contribution in [-0.4, -0.2) is 34.0 Å². The summed E-state index contributed by atoms with van der Waals surface area (Å²) in [6, 6.07) is 4.44. The van der Waals surface area contributed by atoms with E-state index in [1.54, 1.807) is 0 Å². The molecule has 1 aliphatic carbocycles. The Morgan fingerprint density at radius 3 is 2.54 bits per heavy atom. The lowest BCUT2D eigenvalue weighted by molar-refractivity contribution is -0.120. The van der Waals surface area contributed by atoms with E-state index in [1.165, 1.54) is 38.2 Å². The Morgan fingerprint density at radius 1 is 1.25 bits per heavy atom. The lowest BCUT2D eigenvalue weighted by Crippen LogP contribution is -2.41. The Balaban J connectivity index is 1.97. The van der Waals surface area contributed by atoms with Crippen LogP contribution in [0.15, 0.2) is 23.1 Å². The van der Waals surface area contributed by atoms with Crippen LogP contribution >= 0.6 is 11.6 Å².